The molecule has 4 aromatic rings. The molecule has 5 rings (SSSR count). The van der Waals surface area contributed by atoms with E-state index in [1.165, 1.54) is 11.8 Å². The maximum absolute atomic E-state index is 13.3. The first kappa shape index (κ1) is 23.1. The maximum atomic E-state index is 13.3. The summed E-state index contributed by atoms with van der Waals surface area (Å²) in [4.78, 5) is 22.2. The first-order valence-electron chi connectivity index (χ1n) is 11.0. The summed E-state index contributed by atoms with van der Waals surface area (Å²) in [5.41, 5.74) is 3.87. The highest BCUT2D eigenvalue weighted by Gasteiger charge is 2.35. The Balaban J connectivity index is 1.43. The Labute approximate surface area is 212 Å². The summed E-state index contributed by atoms with van der Waals surface area (Å²) in [6, 6.07) is 20.5. The van der Waals surface area contributed by atoms with Crippen LogP contribution in [0.15, 0.2) is 95.6 Å². The first-order valence-corrected chi connectivity index (χ1v) is 12.4. The van der Waals surface area contributed by atoms with Crippen LogP contribution in [0, 0.1) is 0 Å². The monoisotopic (exact) mass is 503 g/mol. The molecular formula is C26H22ClN5O2S. The summed E-state index contributed by atoms with van der Waals surface area (Å²) in [6.45, 7) is 2.02. The number of allylic oxidation sites excluding steroid dienone is 1. The van der Waals surface area contributed by atoms with Gasteiger partial charge in [-0.2, -0.15) is 4.98 Å². The van der Waals surface area contributed by atoms with Crippen LogP contribution in [0.4, 0.5) is 5.95 Å². The Morgan fingerprint density at radius 2 is 1.91 bits per heavy atom. The van der Waals surface area contributed by atoms with Crippen molar-refractivity contribution in [3.63, 3.8) is 0 Å². The summed E-state index contributed by atoms with van der Waals surface area (Å²) in [5, 5.41) is 9.24. The Bertz CT molecular complexity index is 1380. The van der Waals surface area contributed by atoms with Gasteiger partial charge in [-0.15, -0.1) is 5.10 Å². The molecule has 1 aliphatic heterocycles. The van der Waals surface area contributed by atoms with Crippen LogP contribution in [0.3, 0.4) is 0 Å². The van der Waals surface area contributed by atoms with E-state index in [1.807, 2.05) is 73.7 Å². The Kier molecular flexibility index (Phi) is 6.83. The van der Waals surface area contributed by atoms with Crippen LogP contribution >= 0.6 is 23.4 Å². The number of fused-ring (bicyclic) bond motifs is 1. The molecule has 7 nitrogen and oxygen atoms in total. The molecule has 0 fully saturated rings. The minimum Gasteiger partial charge on any atom is -0.457 e. The Morgan fingerprint density at radius 1 is 1.11 bits per heavy atom. The fourth-order valence-electron chi connectivity index (χ4n) is 3.86. The highest BCUT2D eigenvalue weighted by Crippen LogP contribution is 2.37. The van der Waals surface area contributed by atoms with Crippen LogP contribution < -0.4 is 5.32 Å². The molecule has 2 aromatic heterocycles. The largest absolute Gasteiger partial charge is 0.457 e. The topological polar surface area (TPSA) is 81.9 Å². The molecule has 1 atom stereocenters. The van der Waals surface area contributed by atoms with Crippen LogP contribution in [0.1, 0.15) is 29.7 Å². The van der Waals surface area contributed by atoms with E-state index in [0.717, 1.165) is 16.7 Å². The van der Waals surface area contributed by atoms with Gasteiger partial charge in [0.1, 0.15) is 12.6 Å². The van der Waals surface area contributed by atoms with E-state index < -0.39 is 12.0 Å². The number of nitrogens with zero attached hydrogens (tertiary/aromatic N) is 4. The molecule has 2 aromatic carbocycles. The van der Waals surface area contributed by atoms with Gasteiger partial charge in [0, 0.05) is 28.9 Å². The lowest BCUT2D eigenvalue weighted by Gasteiger charge is -2.27. The van der Waals surface area contributed by atoms with E-state index in [9.17, 15) is 4.79 Å². The molecule has 35 heavy (non-hydrogen) atoms. The number of ether oxygens (including phenoxy) is 1. The number of thioether (sulfide) groups is 1. The number of halogens is 1. The van der Waals surface area contributed by atoms with Gasteiger partial charge >= 0.3 is 5.97 Å². The van der Waals surface area contributed by atoms with Gasteiger partial charge in [-0.1, -0.05) is 78.0 Å². The number of carbonyl (C=O) groups is 1. The number of benzene rings is 2. The fraction of sp³-hybridized carbons (Fsp3) is 0.154. The molecule has 0 radical (unpaired) electrons. The summed E-state index contributed by atoms with van der Waals surface area (Å²) in [6.07, 6.45) is 3.43. The molecule has 1 N–H and O–H groups in total. The summed E-state index contributed by atoms with van der Waals surface area (Å²) < 4.78 is 7.41. The normalized spacial score (nSPS) is 14.9. The lowest BCUT2D eigenvalue weighted by molar-refractivity contribution is -0.140. The minimum atomic E-state index is -0.523. The molecule has 1 unspecified atom stereocenters. The third-order valence-corrected chi connectivity index (χ3v) is 6.84. The smallest absolute Gasteiger partial charge is 0.338 e. The number of rotatable bonds is 7. The number of pyridine rings is 1. The van der Waals surface area contributed by atoms with E-state index in [0.29, 0.717) is 33.2 Å². The third kappa shape index (κ3) is 5.08. The van der Waals surface area contributed by atoms with Crippen molar-refractivity contribution in [1.82, 2.24) is 19.7 Å². The lowest BCUT2D eigenvalue weighted by atomic mass is 9.97. The highest BCUT2D eigenvalue weighted by molar-refractivity contribution is 7.98. The summed E-state index contributed by atoms with van der Waals surface area (Å²) >= 11 is 7.78. The maximum Gasteiger partial charge on any atom is 0.338 e. The predicted octanol–water partition coefficient (Wildman–Crippen LogP) is 5.65. The van der Waals surface area contributed by atoms with Crippen molar-refractivity contribution in [1.29, 1.82) is 0 Å². The van der Waals surface area contributed by atoms with Gasteiger partial charge in [0.2, 0.25) is 11.1 Å². The third-order valence-electron chi connectivity index (χ3n) is 5.58. The van der Waals surface area contributed by atoms with Gasteiger partial charge in [-0.25, -0.2) is 9.48 Å². The molecular weight excluding hydrogens is 482 g/mol. The highest BCUT2D eigenvalue weighted by atomic mass is 35.5. The number of aromatic nitrogens is 4. The molecule has 1 aliphatic rings. The molecule has 3 heterocycles. The molecule has 0 aliphatic carbocycles. The van der Waals surface area contributed by atoms with E-state index >= 15 is 0 Å². The average Bonchev–Trinajstić information content (AvgIpc) is 3.29. The van der Waals surface area contributed by atoms with E-state index in [4.69, 9.17) is 21.4 Å². The van der Waals surface area contributed by atoms with Gasteiger partial charge in [0.15, 0.2) is 0 Å². The van der Waals surface area contributed by atoms with Gasteiger partial charge < -0.3 is 10.1 Å². The van der Waals surface area contributed by atoms with Crippen molar-refractivity contribution in [3.8, 4) is 0 Å². The van der Waals surface area contributed by atoms with Crippen molar-refractivity contribution >= 4 is 35.3 Å². The zero-order valence-electron chi connectivity index (χ0n) is 18.9. The van der Waals surface area contributed by atoms with Crippen molar-refractivity contribution < 1.29 is 9.53 Å². The van der Waals surface area contributed by atoms with Crippen LogP contribution in [-0.2, 0) is 21.9 Å². The van der Waals surface area contributed by atoms with Crippen molar-refractivity contribution in [2.75, 3.05) is 5.32 Å². The second kappa shape index (κ2) is 10.3. The number of hydrogen-bond acceptors (Lipinski definition) is 7. The van der Waals surface area contributed by atoms with Crippen LogP contribution in [0.25, 0.3) is 0 Å². The van der Waals surface area contributed by atoms with Crippen molar-refractivity contribution in [3.05, 3.63) is 112 Å². The van der Waals surface area contributed by atoms with E-state index in [2.05, 4.69) is 15.3 Å². The molecule has 0 amide bonds. The molecule has 0 bridgehead atoms. The van der Waals surface area contributed by atoms with Crippen LogP contribution in [0.2, 0.25) is 5.02 Å². The van der Waals surface area contributed by atoms with Gasteiger partial charge in [-0.3, -0.25) is 4.98 Å². The quantitative estimate of drug-likeness (QED) is 0.258. The van der Waals surface area contributed by atoms with Gasteiger partial charge in [0.25, 0.3) is 0 Å². The number of hydrogen-bond donors (Lipinski definition) is 1. The van der Waals surface area contributed by atoms with Crippen LogP contribution in [-0.4, -0.2) is 25.7 Å². The molecule has 0 saturated heterocycles. The van der Waals surface area contributed by atoms with Gasteiger partial charge in [-0.05, 0) is 35.7 Å². The zero-order valence-corrected chi connectivity index (χ0v) is 20.5. The number of nitrogens with one attached hydrogen (secondary N) is 1. The number of esters is 1. The predicted molar refractivity (Wildman–Crippen MR) is 136 cm³/mol. The van der Waals surface area contributed by atoms with Crippen molar-refractivity contribution in [2.45, 2.75) is 30.5 Å². The fourth-order valence-corrected chi connectivity index (χ4v) is 4.98. The Morgan fingerprint density at radius 3 is 2.69 bits per heavy atom. The van der Waals surface area contributed by atoms with Crippen LogP contribution in [0.5, 0.6) is 0 Å². The van der Waals surface area contributed by atoms with E-state index in [-0.39, 0.29) is 6.61 Å². The van der Waals surface area contributed by atoms with E-state index in [1.54, 1.807) is 17.1 Å². The number of carbonyl (C=O) groups excluding carboxylic acids is 1. The second-order valence-corrected chi connectivity index (χ2v) is 9.31. The zero-order chi connectivity index (χ0) is 24.2. The molecule has 176 valence electrons. The molecule has 9 heteroatoms. The average molecular weight is 504 g/mol. The number of anilines is 1. The standard InChI is InChI=1S/C26H22ClN5O2S/c1-17-22(24(33)34-15-18-8-3-2-4-9-18)23(19-11-7-13-28-14-19)32-25(29-17)30-26(31-32)35-16-20-10-5-6-12-21(20)27/h2-14,23H,15-16H2,1H3,(H,29,30,31). The molecule has 0 saturated carbocycles. The molecule has 0 spiro atoms. The Hall–Kier alpha value is -3.62. The summed E-state index contributed by atoms with van der Waals surface area (Å²) in [5.74, 6) is 0.760. The second-order valence-electron chi connectivity index (χ2n) is 7.96. The SMILES string of the molecule is CC1=C(C(=O)OCc2ccccc2)C(c2cccnc2)n2nc(SCc3ccccc3Cl)nc2N1. The first-order chi connectivity index (χ1) is 17.1. The summed E-state index contributed by atoms with van der Waals surface area (Å²) in [7, 11) is 0. The lowest BCUT2D eigenvalue weighted by Crippen LogP contribution is -2.29. The van der Waals surface area contributed by atoms with Crippen molar-refractivity contribution in [2.24, 2.45) is 0 Å². The van der Waals surface area contributed by atoms with Gasteiger partial charge in [0.05, 0.1) is 5.57 Å². The minimum absolute atomic E-state index is 0.180.